The lowest BCUT2D eigenvalue weighted by molar-refractivity contribution is -0.155. The van der Waals surface area contributed by atoms with Crippen LogP contribution in [0.3, 0.4) is 0 Å². The largest absolute Gasteiger partial charge is 0.453 e. The van der Waals surface area contributed by atoms with Gasteiger partial charge in [0.2, 0.25) is 0 Å². The van der Waals surface area contributed by atoms with Crippen LogP contribution >= 0.6 is 0 Å². The number of nitrogens with zero attached hydrogens (tertiary/aromatic N) is 5. The van der Waals surface area contributed by atoms with Crippen molar-refractivity contribution in [3.05, 3.63) is 58.7 Å². The molecule has 13 heteroatoms. The van der Waals surface area contributed by atoms with Crippen molar-refractivity contribution >= 4 is 16.6 Å². The van der Waals surface area contributed by atoms with Crippen molar-refractivity contribution in [1.29, 1.82) is 0 Å². The molecule has 0 saturated heterocycles. The van der Waals surface area contributed by atoms with E-state index in [1.807, 2.05) is 0 Å². The quantitative estimate of drug-likeness (QED) is 0.305. The Morgan fingerprint density at radius 3 is 2.42 bits per heavy atom. The highest BCUT2D eigenvalue weighted by atomic mass is 19.4. The normalized spacial score (nSPS) is 12.5. The van der Waals surface area contributed by atoms with E-state index < -0.39 is 40.8 Å². The number of fused-ring (bicyclic) bond motifs is 1. The SMILES string of the molecule is [C-]#[N+]c1ccc2c(ccn2Cc2noc(-c3c(C)noc3C(F)(F)F)n2)c1C(F)(F)F. The third-order valence-electron chi connectivity index (χ3n) is 4.45. The summed E-state index contributed by atoms with van der Waals surface area (Å²) in [5, 5.41) is 6.69. The molecule has 160 valence electrons. The van der Waals surface area contributed by atoms with E-state index in [4.69, 9.17) is 11.1 Å². The maximum atomic E-state index is 13.4. The average Bonchev–Trinajstić information content (AvgIpc) is 3.38. The molecule has 4 aromatic rings. The zero-order chi connectivity index (χ0) is 22.6. The standard InChI is InChI=1S/C18H9F6N5O2/c1-8-13(15(30-27-8)18(22,23)24)16-26-12(28-31-16)7-29-6-5-9-11(29)4-3-10(25-2)14(9)17(19,20)21/h3-6H,7H2,1H3. The molecule has 31 heavy (non-hydrogen) atoms. The van der Waals surface area contributed by atoms with Gasteiger partial charge in [-0.3, -0.25) is 0 Å². The van der Waals surface area contributed by atoms with Gasteiger partial charge in [-0.2, -0.15) is 31.3 Å². The molecule has 0 saturated carbocycles. The van der Waals surface area contributed by atoms with Crippen LogP contribution in [-0.2, 0) is 18.9 Å². The second-order valence-corrected chi connectivity index (χ2v) is 6.43. The van der Waals surface area contributed by atoms with Crippen LogP contribution in [-0.4, -0.2) is 19.9 Å². The monoisotopic (exact) mass is 441 g/mol. The summed E-state index contributed by atoms with van der Waals surface area (Å²) in [6, 6.07) is 3.58. The van der Waals surface area contributed by atoms with Gasteiger partial charge < -0.3 is 13.6 Å². The highest BCUT2D eigenvalue weighted by Crippen LogP contribution is 2.42. The Morgan fingerprint density at radius 2 is 1.77 bits per heavy atom. The Hall–Kier alpha value is -3.82. The molecule has 0 amide bonds. The van der Waals surface area contributed by atoms with Crippen LogP contribution in [0.25, 0.3) is 27.2 Å². The number of aromatic nitrogens is 4. The summed E-state index contributed by atoms with van der Waals surface area (Å²) in [7, 11) is 0. The lowest BCUT2D eigenvalue weighted by Gasteiger charge is -2.11. The third-order valence-corrected chi connectivity index (χ3v) is 4.45. The van der Waals surface area contributed by atoms with E-state index in [1.54, 1.807) is 0 Å². The molecule has 1 aromatic carbocycles. The molecule has 3 aromatic heterocycles. The fourth-order valence-corrected chi connectivity index (χ4v) is 3.18. The van der Waals surface area contributed by atoms with Gasteiger partial charge in [0, 0.05) is 17.1 Å². The van der Waals surface area contributed by atoms with Crippen molar-refractivity contribution in [3.8, 4) is 11.5 Å². The van der Waals surface area contributed by atoms with Gasteiger partial charge in [0.15, 0.2) is 11.5 Å². The molecule has 0 fully saturated rings. The molecule has 7 nitrogen and oxygen atoms in total. The second kappa shape index (κ2) is 6.86. The molecule has 3 heterocycles. The molecule has 0 aliphatic carbocycles. The van der Waals surface area contributed by atoms with E-state index in [1.165, 1.54) is 29.8 Å². The maximum absolute atomic E-state index is 13.4. The molecule has 0 radical (unpaired) electrons. The third kappa shape index (κ3) is 3.49. The molecular weight excluding hydrogens is 432 g/mol. The van der Waals surface area contributed by atoms with Crippen molar-refractivity contribution in [2.45, 2.75) is 25.8 Å². The van der Waals surface area contributed by atoms with Crippen LogP contribution in [0.2, 0.25) is 0 Å². The minimum Gasteiger partial charge on any atom is -0.351 e. The molecule has 0 aliphatic heterocycles. The Kier molecular flexibility index (Phi) is 4.53. The summed E-state index contributed by atoms with van der Waals surface area (Å²) >= 11 is 0. The van der Waals surface area contributed by atoms with Gasteiger partial charge in [-0.1, -0.05) is 16.4 Å². The van der Waals surface area contributed by atoms with Crippen LogP contribution in [0.5, 0.6) is 0 Å². The molecule has 0 unspecified atom stereocenters. The summed E-state index contributed by atoms with van der Waals surface area (Å²) in [6.07, 6.45) is -8.25. The fourth-order valence-electron chi connectivity index (χ4n) is 3.18. The summed E-state index contributed by atoms with van der Waals surface area (Å²) in [4.78, 5) is 6.83. The van der Waals surface area contributed by atoms with Crippen molar-refractivity contribution in [2.75, 3.05) is 0 Å². The molecule has 4 rings (SSSR count). The smallest absolute Gasteiger partial charge is 0.351 e. The zero-order valence-corrected chi connectivity index (χ0v) is 15.3. The Morgan fingerprint density at radius 1 is 1.03 bits per heavy atom. The van der Waals surface area contributed by atoms with E-state index in [0.717, 1.165) is 6.07 Å². The lowest BCUT2D eigenvalue weighted by atomic mass is 10.1. The predicted octanol–water partition coefficient (Wildman–Crippen LogP) is 5.62. The van der Waals surface area contributed by atoms with Crippen molar-refractivity contribution < 1.29 is 35.4 Å². The molecule has 0 atom stereocenters. The molecule has 0 aliphatic rings. The van der Waals surface area contributed by atoms with Gasteiger partial charge in [-0.15, -0.1) is 0 Å². The lowest BCUT2D eigenvalue weighted by Crippen LogP contribution is -2.06. The van der Waals surface area contributed by atoms with E-state index in [0.29, 0.717) is 0 Å². The van der Waals surface area contributed by atoms with Crippen LogP contribution in [0.4, 0.5) is 32.0 Å². The number of hydrogen-bond acceptors (Lipinski definition) is 5. The van der Waals surface area contributed by atoms with E-state index in [-0.39, 0.29) is 29.0 Å². The van der Waals surface area contributed by atoms with Crippen LogP contribution in [0.15, 0.2) is 33.4 Å². The minimum absolute atomic E-state index is 0.0796. The summed E-state index contributed by atoms with van der Waals surface area (Å²) in [5.74, 6) is -1.96. The number of hydrogen-bond donors (Lipinski definition) is 0. The molecular formula is C18H9F6N5O2. The summed E-state index contributed by atoms with van der Waals surface area (Å²) in [5.41, 5.74) is -2.09. The Labute approximate surface area is 168 Å². The Balaban J connectivity index is 1.73. The summed E-state index contributed by atoms with van der Waals surface area (Å²) in [6.45, 7) is 8.05. The van der Waals surface area contributed by atoms with E-state index >= 15 is 0 Å². The first kappa shape index (κ1) is 20.5. The number of benzene rings is 1. The van der Waals surface area contributed by atoms with E-state index in [9.17, 15) is 26.3 Å². The Bertz CT molecular complexity index is 1320. The van der Waals surface area contributed by atoms with Gasteiger partial charge in [-0.25, -0.2) is 4.85 Å². The number of halogens is 6. The highest BCUT2D eigenvalue weighted by molar-refractivity contribution is 5.89. The molecule has 0 N–H and O–H groups in total. The number of rotatable bonds is 3. The first-order chi connectivity index (χ1) is 14.5. The van der Waals surface area contributed by atoms with Crippen molar-refractivity contribution in [3.63, 3.8) is 0 Å². The summed E-state index contributed by atoms with van der Waals surface area (Å²) < 4.78 is 90.2. The first-order valence-electron chi connectivity index (χ1n) is 8.43. The van der Waals surface area contributed by atoms with Crippen molar-refractivity contribution in [2.24, 2.45) is 0 Å². The van der Waals surface area contributed by atoms with Gasteiger partial charge in [-0.05, 0) is 19.1 Å². The topological polar surface area (TPSA) is 74.2 Å². The molecule has 0 bridgehead atoms. The van der Waals surface area contributed by atoms with Gasteiger partial charge in [0.1, 0.15) is 5.56 Å². The van der Waals surface area contributed by atoms with Crippen LogP contribution in [0, 0.1) is 13.5 Å². The molecule has 0 spiro atoms. The highest BCUT2D eigenvalue weighted by Gasteiger charge is 2.42. The van der Waals surface area contributed by atoms with Gasteiger partial charge >= 0.3 is 12.4 Å². The maximum Gasteiger partial charge on any atom is 0.453 e. The van der Waals surface area contributed by atoms with Gasteiger partial charge in [0.25, 0.3) is 11.7 Å². The van der Waals surface area contributed by atoms with E-state index in [2.05, 4.69) is 24.7 Å². The fraction of sp³-hybridized carbons (Fsp3) is 0.222. The second-order valence-electron chi connectivity index (χ2n) is 6.43. The predicted molar refractivity (Wildman–Crippen MR) is 91.8 cm³/mol. The van der Waals surface area contributed by atoms with Gasteiger partial charge in [0.05, 0.1) is 24.4 Å². The van der Waals surface area contributed by atoms with Crippen LogP contribution < -0.4 is 0 Å². The zero-order valence-electron chi connectivity index (χ0n) is 15.3. The van der Waals surface area contributed by atoms with Crippen molar-refractivity contribution in [1.82, 2.24) is 19.9 Å². The number of alkyl halides is 6. The minimum atomic E-state index is -4.84. The first-order valence-corrected chi connectivity index (χ1v) is 8.43. The number of aryl methyl sites for hydroxylation is 1. The average molecular weight is 441 g/mol. The van der Waals surface area contributed by atoms with Crippen LogP contribution in [0.1, 0.15) is 22.8 Å².